The van der Waals surface area contributed by atoms with E-state index in [1.165, 1.54) is 12.8 Å². The molecule has 1 N–H and O–H groups in total. The summed E-state index contributed by atoms with van der Waals surface area (Å²) in [5, 5.41) is 15.5. The Morgan fingerprint density at radius 3 is 2.38 bits per heavy atom. The van der Waals surface area contributed by atoms with Crippen LogP contribution in [0.15, 0.2) is 6.07 Å². The van der Waals surface area contributed by atoms with Gasteiger partial charge in [-0.2, -0.15) is 5.10 Å². The molecule has 0 aromatic carbocycles. The predicted octanol–water partition coefficient (Wildman–Crippen LogP) is 2.77. The van der Waals surface area contributed by atoms with Crippen LogP contribution in [0.2, 0.25) is 0 Å². The van der Waals surface area contributed by atoms with Crippen molar-refractivity contribution in [3.05, 3.63) is 17.5 Å². The zero-order valence-corrected chi connectivity index (χ0v) is 14.1. The van der Waals surface area contributed by atoms with E-state index < -0.39 is 0 Å². The molecule has 120 valence electrons. The Balaban J connectivity index is 2.19. The fourth-order valence-corrected chi connectivity index (χ4v) is 3.97. The zero-order valence-electron chi connectivity index (χ0n) is 14.1. The fourth-order valence-electron chi connectivity index (χ4n) is 3.97. The Morgan fingerprint density at radius 1 is 1.24 bits per heavy atom. The highest BCUT2D eigenvalue weighted by atomic mass is 16.3. The maximum atomic E-state index is 11.0. The Bertz CT molecular complexity index is 445. The van der Waals surface area contributed by atoms with E-state index in [2.05, 4.69) is 36.8 Å². The Hall–Kier alpha value is -0.870. The minimum Gasteiger partial charge on any atom is -0.391 e. The molecule has 1 atom stereocenters. The lowest BCUT2D eigenvalue weighted by molar-refractivity contribution is -0.0278. The fraction of sp³-hybridized carbons (Fsp3) is 0.824. The van der Waals surface area contributed by atoms with Crippen molar-refractivity contribution in [2.24, 2.45) is 0 Å². The molecule has 1 fully saturated rings. The minimum atomic E-state index is -0.327. The molecule has 1 aliphatic heterocycles. The Labute approximate surface area is 129 Å². The highest BCUT2D eigenvalue weighted by molar-refractivity contribution is 5.12. The molecule has 0 spiro atoms. The largest absolute Gasteiger partial charge is 0.391 e. The molecule has 0 bridgehead atoms. The van der Waals surface area contributed by atoms with Gasteiger partial charge < -0.3 is 5.11 Å². The summed E-state index contributed by atoms with van der Waals surface area (Å²) in [6.07, 6.45) is 4.91. The van der Waals surface area contributed by atoms with Gasteiger partial charge in [-0.3, -0.25) is 9.58 Å². The summed E-state index contributed by atoms with van der Waals surface area (Å²) < 4.78 is 2.03. The summed E-state index contributed by atoms with van der Waals surface area (Å²) in [5.74, 6) is 0. The first kappa shape index (κ1) is 16.5. The van der Waals surface area contributed by atoms with Crippen molar-refractivity contribution in [3.8, 4) is 0 Å². The first-order valence-corrected chi connectivity index (χ1v) is 8.53. The van der Waals surface area contributed by atoms with Gasteiger partial charge in [-0.25, -0.2) is 0 Å². The van der Waals surface area contributed by atoms with Gasteiger partial charge in [0.1, 0.15) is 0 Å². The third kappa shape index (κ3) is 3.16. The SMILES string of the molecule is CCn1nc(C)cc1CC(O)C(CC)(CC)N1CCCC1. The number of hydrogen-bond acceptors (Lipinski definition) is 3. The van der Waals surface area contributed by atoms with Gasteiger partial charge in [0.2, 0.25) is 0 Å². The van der Waals surface area contributed by atoms with Crippen LogP contribution in [-0.4, -0.2) is 44.5 Å². The number of nitrogens with zero attached hydrogens (tertiary/aromatic N) is 3. The molecular weight excluding hydrogens is 262 g/mol. The number of aliphatic hydroxyl groups excluding tert-OH is 1. The van der Waals surface area contributed by atoms with E-state index in [9.17, 15) is 5.11 Å². The molecule has 4 nitrogen and oxygen atoms in total. The monoisotopic (exact) mass is 293 g/mol. The predicted molar refractivity (Wildman–Crippen MR) is 86.5 cm³/mol. The summed E-state index contributed by atoms with van der Waals surface area (Å²) in [5.41, 5.74) is 2.12. The molecular formula is C17H31N3O. The van der Waals surface area contributed by atoms with Crippen LogP contribution in [0.5, 0.6) is 0 Å². The van der Waals surface area contributed by atoms with Gasteiger partial charge in [0.25, 0.3) is 0 Å². The number of aryl methyl sites for hydroxylation is 2. The molecule has 1 aromatic heterocycles. The van der Waals surface area contributed by atoms with E-state index in [-0.39, 0.29) is 11.6 Å². The highest BCUT2D eigenvalue weighted by Crippen LogP contribution is 2.33. The molecule has 1 saturated heterocycles. The van der Waals surface area contributed by atoms with Gasteiger partial charge in [0.05, 0.1) is 11.8 Å². The smallest absolute Gasteiger partial charge is 0.0778 e. The maximum absolute atomic E-state index is 11.0. The second-order valence-electron chi connectivity index (χ2n) is 6.32. The van der Waals surface area contributed by atoms with Gasteiger partial charge in [0.15, 0.2) is 0 Å². The summed E-state index contributed by atoms with van der Waals surface area (Å²) in [4.78, 5) is 2.52. The number of rotatable bonds is 7. The first-order chi connectivity index (χ1) is 10.1. The lowest BCUT2D eigenvalue weighted by atomic mass is 9.82. The molecule has 0 amide bonds. The van der Waals surface area contributed by atoms with Gasteiger partial charge in [-0.05, 0) is 58.7 Å². The van der Waals surface area contributed by atoms with Crippen molar-refractivity contribution in [2.75, 3.05) is 13.1 Å². The van der Waals surface area contributed by atoms with Gasteiger partial charge in [0, 0.05) is 24.2 Å². The van der Waals surface area contributed by atoms with Crippen LogP contribution >= 0.6 is 0 Å². The second-order valence-corrected chi connectivity index (χ2v) is 6.32. The van der Waals surface area contributed by atoms with Gasteiger partial charge in [-0.1, -0.05) is 13.8 Å². The molecule has 1 aliphatic rings. The topological polar surface area (TPSA) is 41.3 Å². The van der Waals surface area contributed by atoms with E-state index in [1.54, 1.807) is 0 Å². The van der Waals surface area contributed by atoms with Gasteiger partial charge >= 0.3 is 0 Å². The van der Waals surface area contributed by atoms with E-state index >= 15 is 0 Å². The number of aromatic nitrogens is 2. The highest BCUT2D eigenvalue weighted by Gasteiger charge is 2.41. The molecule has 21 heavy (non-hydrogen) atoms. The third-order valence-corrected chi connectivity index (χ3v) is 5.27. The summed E-state index contributed by atoms with van der Waals surface area (Å²) in [6.45, 7) is 11.7. The molecule has 4 heteroatoms. The van der Waals surface area contributed by atoms with E-state index in [0.717, 1.165) is 43.9 Å². The summed E-state index contributed by atoms with van der Waals surface area (Å²) in [6, 6.07) is 2.12. The molecule has 0 aliphatic carbocycles. The average molecular weight is 293 g/mol. The molecule has 2 heterocycles. The number of aliphatic hydroxyl groups is 1. The van der Waals surface area contributed by atoms with Crippen LogP contribution in [0, 0.1) is 6.92 Å². The van der Waals surface area contributed by atoms with Crippen molar-refractivity contribution < 1.29 is 5.11 Å². The van der Waals surface area contributed by atoms with Crippen LogP contribution in [0.3, 0.4) is 0 Å². The normalized spacial score (nSPS) is 18.3. The van der Waals surface area contributed by atoms with Crippen LogP contribution < -0.4 is 0 Å². The lowest BCUT2D eigenvalue weighted by Gasteiger charge is -2.44. The Morgan fingerprint density at radius 2 is 1.86 bits per heavy atom. The van der Waals surface area contributed by atoms with Crippen molar-refractivity contribution in [2.45, 2.75) is 78.0 Å². The summed E-state index contributed by atoms with van der Waals surface area (Å²) >= 11 is 0. The van der Waals surface area contributed by atoms with Crippen molar-refractivity contribution >= 4 is 0 Å². The average Bonchev–Trinajstić information content (AvgIpc) is 3.11. The van der Waals surface area contributed by atoms with E-state index in [1.807, 2.05) is 11.6 Å². The summed E-state index contributed by atoms with van der Waals surface area (Å²) in [7, 11) is 0. The maximum Gasteiger partial charge on any atom is 0.0778 e. The molecule has 0 saturated carbocycles. The van der Waals surface area contributed by atoms with Crippen LogP contribution in [0.25, 0.3) is 0 Å². The number of likely N-dealkylation sites (tertiary alicyclic amines) is 1. The third-order valence-electron chi connectivity index (χ3n) is 5.27. The molecule has 2 rings (SSSR count). The quantitative estimate of drug-likeness (QED) is 0.840. The second kappa shape index (κ2) is 6.93. The van der Waals surface area contributed by atoms with Crippen molar-refractivity contribution in [1.29, 1.82) is 0 Å². The van der Waals surface area contributed by atoms with Crippen molar-refractivity contribution in [3.63, 3.8) is 0 Å². The molecule has 1 unspecified atom stereocenters. The molecule has 1 aromatic rings. The Kier molecular flexibility index (Phi) is 5.44. The lowest BCUT2D eigenvalue weighted by Crippen LogP contribution is -2.55. The van der Waals surface area contributed by atoms with E-state index in [0.29, 0.717) is 6.42 Å². The van der Waals surface area contributed by atoms with Crippen LogP contribution in [0.4, 0.5) is 0 Å². The van der Waals surface area contributed by atoms with Crippen LogP contribution in [-0.2, 0) is 13.0 Å². The standard InChI is InChI=1S/C17H31N3O/c1-5-17(6-2,19-10-8-9-11-19)16(21)13-15-12-14(4)18-20(15)7-3/h12,16,21H,5-11,13H2,1-4H3. The van der Waals surface area contributed by atoms with Crippen molar-refractivity contribution in [1.82, 2.24) is 14.7 Å². The van der Waals surface area contributed by atoms with Crippen LogP contribution in [0.1, 0.15) is 57.8 Å². The zero-order chi connectivity index (χ0) is 15.5. The first-order valence-electron chi connectivity index (χ1n) is 8.53. The van der Waals surface area contributed by atoms with Gasteiger partial charge in [-0.15, -0.1) is 0 Å². The molecule has 0 radical (unpaired) electrons. The number of hydrogen-bond donors (Lipinski definition) is 1. The van der Waals surface area contributed by atoms with E-state index in [4.69, 9.17) is 0 Å². The minimum absolute atomic E-state index is 0.0761.